The van der Waals surface area contributed by atoms with Gasteiger partial charge in [0.2, 0.25) is 70.9 Å². The minimum absolute atomic E-state index is 0.0151. The Labute approximate surface area is 608 Å². The van der Waals surface area contributed by atoms with Crippen molar-refractivity contribution in [1.82, 2.24) is 65.8 Å². The van der Waals surface area contributed by atoms with Crippen molar-refractivity contribution >= 4 is 70.9 Å². The molecule has 0 aromatic rings. The van der Waals surface area contributed by atoms with E-state index in [0.717, 1.165) is 48.3 Å². The lowest BCUT2D eigenvalue weighted by Gasteiger charge is -2.42. The largest absolute Gasteiger partial charge is 0.391 e. The summed E-state index contributed by atoms with van der Waals surface area (Å²) in [5.41, 5.74) is -1.72. The van der Waals surface area contributed by atoms with Crippen LogP contribution in [0.5, 0.6) is 0 Å². The van der Waals surface area contributed by atoms with Gasteiger partial charge in [0.1, 0.15) is 53.9 Å². The zero-order valence-electron chi connectivity index (χ0n) is 65.4. The Bertz CT molecular complexity index is 2790. The first-order valence-corrected chi connectivity index (χ1v) is 37.8. The van der Waals surface area contributed by atoms with Crippen LogP contribution in [0.25, 0.3) is 0 Å². The van der Waals surface area contributed by atoms with Gasteiger partial charge in [0, 0.05) is 68.5 Å². The molecule has 1 saturated carbocycles. The van der Waals surface area contributed by atoms with E-state index in [1.165, 1.54) is 73.7 Å². The molecule has 0 bridgehead atoms. The number of rotatable bonds is 20. The standard InChI is InChI=1S/C74H131N13O15/c1-20-21-31-87-42-63(91)82(16)60(39-52-28-24-22-25-29-52)71(98)84(18)59(38-49(8)9)68(95)79-74(13,50(10)11)73(100)85(19)58(37-48(6)7)66(93)76-54(70(97)86-32-26-23-27-33-86)40-61(89)80(14)41-62(90)81(15)56(35-46(2)3)65(92)77-55(45-102-44-53-43-101-34-30-75-53)69(96)83(17)57(36-47(4)5)67(94)78-64(51(12)88)72(87)99/h46-60,64,75,88H,20-45H2,1-19H3,(H,76,93)(H,77,92)(H,78,94)(H,79,95)/t51-,53+,54+,55+,56+,57+,58+,59+,60+,64+,74-/m1/s1. The van der Waals surface area contributed by atoms with Crippen LogP contribution in [0.3, 0.4) is 0 Å². The molecule has 3 heterocycles. The van der Waals surface area contributed by atoms with Gasteiger partial charge in [-0.25, -0.2) is 0 Å². The van der Waals surface area contributed by atoms with Gasteiger partial charge < -0.3 is 80.4 Å². The summed E-state index contributed by atoms with van der Waals surface area (Å²) in [7, 11) is 8.61. The Hall–Kier alpha value is -6.52. The molecular formula is C74H131N13O15. The van der Waals surface area contributed by atoms with Crippen molar-refractivity contribution in [3.05, 3.63) is 0 Å². The number of ether oxygens (including phenoxy) is 2. The molecule has 3 aliphatic heterocycles. The Morgan fingerprint density at radius 1 is 0.578 bits per heavy atom. The number of likely N-dealkylation sites (N-methyl/N-ethyl adjacent to an activating group) is 6. The molecule has 6 N–H and O–H groups in total. The van der Waals surface area contributed by atoms with Crippen LogP contribution < -0.4 is 26.6 Å². The third-order valence-electron chi connectivity index (χ3n) is 20.8. The van der Waals surface area contributed by atoms with Gasteiger partial charge in [-0.05, 0) is 107 Å². The van der Waals surface area contributed by atoms with Crippen LogP contribution in [-0.2, 0) is 67.0 Å². The summed E-state index contributed by atoms with van der Waals surface area (Å²) in [5, 5.41) is 26.3. The van der Waals surface area contributed by atoms with Crippen LogP contribution in [0.4, 0.5) is 0 Å². The molecule has 3 saturated heterocycles. The van der Waals surface area contributed by atoms with Crippen molar-refractivity contribution in [3.8, 4) is 0 Å². The highest BCUT2D eigenvalue weighted by atomic mass is 16.5. The van der Waals surface area contributed by atoms with Gasteiger partial charge in [0.15, 0.2) is 0 Å². The second-order valence-corrected chi connectivity index (χ2v) is 31.6. The Morgan fingerprint density at radius 3 is 1.61 bits per heavy atom. The molecule has 1 aliphatic carbocycles. The molecule has 4 rings (SSSR count). The van der Waals surface area contributed by atoms with Crippen LogP contribution in [0.1, 0.15) is 193 Å². The quantitative estimate of drug-likeness (QED) is 0.102. The number of morpholine rings is 1. The minimum Gasteiger partial charge on any atom is -0.391 e. The lowest BCUT2D eigenvalue weighted by atomic mass is 9.84. The number of nitrogens with one attached hydrogen (secondary N) is 5. The summed E-state index contributed by atoms with van der Waals surface area (Å²) in [6, 6.07) is -11.0. The maximum absolute atomic E-state index is 15.6. The third kappa shape index (κ3) is 25.7. The highest BCUT2D eigenvalue weighted by molar-refractivity contribution is 6.00. The molecule has 4 aliphatic rings. The molecule has 28 heteroatoms. The van der Waals surface area contributed by atoms with E-state index >= 15 is 38.4 Å². The number of unbranched alkanes of at least 4 members (excludes halogenated alkanes) is 1. The summed E-state index contributed by atoms with van der Waals surface area (Å²) in [5.74, 6) is -9.72. The predicted octanol–water partition coefficient (Wildman–Crippen LogP) is 3.15. The van der Waals surface area contributed by atoms with E-state index in [0.29, 0.717) is 58.5 Å². The summed E-state index contributed by atoms with van der Waals surface area (Å²) in [4.78, 5) is 191. The maximum atomic E-state index is 15.6. The zero-order valence-corrected chi connectivity index (χ0v) is 65.4. The first-order chi connectivity index (χ1) is 47.9. The van der Waals surface area contributed by atoms with Crippen LogP contribution in [0, 0.1) is 35.5 Å². The van der Waals surface area contributed by atoms with Crippen LogP contribution in [0.15, 0.2) is 0 Å². The summed E-state index contributed by atoms with van der Waals surface area (Å²) in [6.45, 7) is 23.8. The van der Waals surface area contributed by atoms with Gasteiger partial charge in [-0.2, -0.15) is 0 Å². The fraction of sp³-hybridized carbons (Fsp3) is 0.838. The monoisotopic (exact) mass is 1440 g/mol. The second kappa shape index (κ2) is 41.8. The summed E-state index contributed by atoms with van der Waals surface area (Å²) in [6.07, 6.45) is 6.11. The highest BCUT2D eigenvalue weighted by Gasteiger charge is 2.48. The van der Waals surface area contributed by atoms with Crippen LogP contribution >= 0.6 is 0 Å². The summed E-state index contributed by atoms with van der Waals surface area (Å²) >= 11 is 0. The number of amides is 12. The van der Waals surface area contributed by atoms with Crippen molar-refractivity contribution in [2.45, 2.75) is 259 Å². The SMILES string of the molecule is CCCCN1CC(=O)N(C)[C@@H](CC2CCCCC2)C(=O)N(C)[C@@H](CC(C)C)C(=O)N[C@](C)(C(C)C)C(=O)N(C)[C@@H](CC(C)C)C(=O)N[C@H](C(=O)N2CCCCC2)CC(=O)N(C)CC(=O)N(C)[C@@H](CC(C)C)C(=O)N[C@@H](COC[C@@H]2COCCN2)C(=O)N(C)[C@@H](CC(C)C)C(=O)N[C@@H]([C@@H](C)O)C1=O. The van der Waals surface area contributed by atoms with E-state index in [4.69, 9.17) is 9.47 Å². The van der Waals surface area contributed by atoms with Gasteiger partial charge in [0.25, 0.3) is 0 Å². The normalized spacial score (nSPS) is 27.7. The van der Waals surface area contributed by atoms with Crippen molar-refractivity contribution in [2.75, 3.05) is 108 Å². The molecule has 28 nitrogen and oxygen atoms in total. The zero-order chi connectivity index (χ0) is 76.6. The molecule has 582 valence electrons. The first kappa shape index (κ1) is 87.9. The Balaban J connectivity index is 1.97. The lowest BCUT2D eigenvalue weighted by molar-refractivity contribution is -0.153. The van der Waals surface area contributed by atoms with E-state index < -0.39 is 163 Å². The topological polar surface area (TPSA) is 330 Å². The van der Waals surface area contributed by atoms with Gasteiger partial charge in [-0.15, -0.1) is 0 Å². The van der Waals surface area contributed by atoms with Crippen molar-refractivity contribution in [3.63, 3.8) is 0 Å². The number of aliphatic hydroxyl groups excluding tert-OH is 1. The third-order valence-corrected chi connectivity index (χ3v) is 20.8. The van der Waals surface area contributed by atoms with E-state index in [2.05, 4.69) is 26.6 Å². The maximum Gasteiger partial charge on any atom is 0.248 e. The van der Waals surface area contributed by atoms with Gasteiger partial charge in [0.05, 0.1) is 58.1 Å². The number of likely N-dealkylation sites (tertiary alicyclic amines) is 1. The van der Waals surface area contributed by atoms with E-state index in [-0.39, 0.29) is 80.9 Å². The second-order valence-electron chi connectivity index (χ2n) is 31.6. The fourth-order valence-electron chi connectivity index (χ4n) is 13.9. The number of piperidine rings is 1. The summed E-state index contributed by atoms with van der Waals surface area (Å²) < 4.78 is 11.8. The van der Waals surface area contributed by atoms with Gasteiger partial charge in [-0.1, -0.05) is 115 Å². The number of nitrogens with zero attached hydrogens (tertiary/aromatic N) is 8. The first-order valence-electron chi connectivity index (χ1n) is 37.8. The predicted molar refractivity (Wildman–Crippen MR) is 388 cm³/mol. The molecule has 0 aromatic carbocycles. The lowest BCUT2D eigenvalue weighted by Crippen LogP contribution is -2.66. The number of aliphatic hydroxyl groups is 1. The minimum atomic E-state index is -1.72. The van der Waals surface area contributed by atoms with E-state index in [9.17, 15) is 24.3 Å². The number of carbonyl (C=O) groups is 12. The molecule has 4 fully saturated rings. The molecule has 0 spiro atoms. The van der Waals surface area contributed by atoms with Gasteiger partial charge >= 0.3 is 0 Å². The number of hydrogen-bond acceptors (Lipinski definition) is 16. The Morgan fingerprint density at radius 2 is 1.08 bits per heavy atom. The van der Waals surface area contributed by atoms with E-state index in [1.54, 1.807) is 25.7 Å². The smallest absolute Gasteiger partial charge is 0.248 e. The molecular weight excluding hydrogens is 1310 g/mol. The molecule has 0 unspecified atom stereocenters. The number of carbonyl (C=O) groups excluding carboxylic acids is 12. The fourth-order valence-corrected chi connectivity index (χ4v) is 13.9. The highest BCUT2D eigenvalue weighted by Crippen LogP contribution is 2.31. The number of hydrogen-bond donors (Lipinski definition) is 6. The van der Waals surface area contributed by atoms with Crippen molar-refractivity contribution in [1.29, 1.82) is 0 Å². The van der Waals surface area contributed by atoms with Crippen molar-refractivity contribution in [2.24, 2.45) is 35.5 Å². The average Bonchev–Trinajstić information content (AvgIpc) is 0.794. The van der Waals surface area contributed by atoms with Crippen molar-refractivity contribution < 1.29 is 72.1 Å². The molecule has 0 radical (unpaired) electrons. The molecule has 12 amide bonds. The molecule has 0 aromatic heterocycles. The Kier molecular flexibility index (Phi) is 36.0. The average molecular weight is 1440 g/mol. The molecule has 11 atom stereocenters. The molecule has 102 heavy (non-hydrogen) atoms. The van der Waals surface area contributed by atoms with Gasteiger partial charge in [-0.3, -0.25) is 57.5 Å². The van der Waals surface area contributed by atoms with Crippen LogP contribution in [0.2, 0.25) is 0 Å². The van der Waals surface area contributed by atoms with E-state index in [1.807, 2.05) is 62.3 Å². The van der Waals surface area contributed by atoms with Crippen LogP contribution in [-0.4, -0.2) is 289 Å².